The zero-order valence-corrected chi connectivity index (χ0v) is 8.90. The molecule has 4 heteroatoms. The number of aromatic nitrogens is 2. The second kappa shape index (κ2) is 3.75. The van der Waals surface area contributed by atoms with Crippen molar-refractivity contribution in [1.82, 2.24) is 9.97 Å². The van der Waals surface area contributed by atoms with Gasteiger partial charge in [0.25, 0.3) is 0 Å². The summed E-state index contributed by atoms with van der Waals surface area (Å²) in [5.74, 6) is 0.681. The first-order valence-corrected chi connectivity index (χ1v) is 4.88. The van der Waals surface area contributed by atoms with Gasteiger partial charge in [0.1, 0.15) is 0 Å². The second-order valence-corrected chi connectivity index (χ2v) is 3.77. The molecule has 0 saturated heterocycles. The van der Waals surface area contributed by atoms with E-state index in [1.54, 1.807) is 12.4 Å². The normalized spacial score (nSPS) is 10.1. The molecule has 0 atom stereocenters. The SMILES string of the molecule is Nc1cnc(-c2cccc(Br)c2)nc1. The average Bonchev–Trinajstić information content (AvgIpc) is 2.19. The fourth-order valence-electron chi connectivity index (χ4n) is 1.11. The number of anilines is 1. The lowest BCUT2D eigenvalue weighted by Crippen LogP contribution is -1.91. The zero-order chi connectivity index (χ0) is 9.97. The third kappa shape index (κ3) is 1.90. The van der Waals surface area contributed by atoms with Crippen molar-refractivity contribution in [3.63, 3.8) is 0 Å². The maximum atomic E-state index is 5.50. The van der Waals surface area contributed by atoms with Crippen molar-refractivity contribution in [2.45, 2.75) is 0 Å². The molecule has 1 aromatic heterocycles. The molecule has 0 aliphatic rings. The Hall–Kier alpha value is -1.42. The van der Waals surface area contributed by atoms with E-state index in [1.807, 2.05) is 24.3 Å². The number of nitrogens with two attached hydrogens (primary N) is 1. The Kier molecular flexibility index (Phi) is 2.45. The Morgan fingerprint density at radius 2 is 1.86 bits per heavy atom. The van der Waals surface area contributed by atoms with Crippen molar-refractivity contribution < 1.29 is 0 Å². The number of hydrogen-bond donors (Lipinski definition) is 1. The Morgan fingerprint density at radius 3 is 2.50 bits per heavy atom. The molecule has 1 heterocycles. The van der Waals surface area contributed by atoms with Gasteiger partial charge >= 0.3 is 0 Å². The molecule has 0 bridgehead atoms. The first kappa shape index (κ1) is 9.15. The third-order valence-electron chi connectivity index (χ3n) is 1.75. The van der Waals surface area contributed by atoms with E-state index >= 15 is 0 Å². The van der Waals surface area contributed by atoms with Crippen LogP contribution in [0.2, 0.25) is 0 Å². The average molecular weight is 250 g/mol. The van der Waals surface area contributed by atoms with Gasteiger partial charge in [-0.2, -0.15) is 0 Å². The monoisotopic (exact) mass is 249 g/mol. The van der Waals surface area contributed by atoms with Crippen LogP contribution in [0.1, 0.15) is 0 Å². The van der Waals surface area contributed by atoms with Crippen LogP contribution in [0.3, 0.4) is 0 Å². The molecule has 0 unspecified atom stereocenters. The first-order valence-electron chi connectivity index (χ1n) is 4.09. The molecule has 2 aromatic rings. The minimum absolute atomic E-state index is 0.573. The van der Waals surface area contributed by atoms with Crippen molar-refractivity contribution in [2.24, 2.45) is 0 Å². The molecule has 14 heavy (non-hydrogen) atoms. The number of rotatable bonds is 1. The van der Waals surface area contributed by atoms with Crippen LogP contribution in [0.25, 0.3) is 11.4 Å². The molecule has 70 valence electrons. The zero-order valence-electron chi connectivity index (χ0n) is 7.31. The van der Waals surface area contributed by atoms with Crippen molar-refractivity contribution >= 4 is 21.6 Å². The summed E-state index contributed by atoms with van der Waals surface area (Å²) in [4.78, 5) is 8.27. The van der Waals surface area contributed by atoms with Crippen molar-refractivity contribution in [3.8, 4) is 11.4 Å². The van der Waals surface area contributed by atoms with E-state index < -0.39 is 0 Å². The quantitative estimate of drug-likeness (QED) is 0.845. The van der Waals surface area contributed by atoms with Crippen LogP contribution in [0.15, 0.2) is 41.1 Å². The topological polar surface area (TPSA) is 51.8 Å². The Morgan fingerprint density at radius 1 is 1.14 bits per heavy atom. The van der Waals surface area contributed by atoms with E-state index in [2.05, 4.69) is 25.9 Å². The molecule has 0 radical (unpaired) electrons. The minimum Gasteiger partial charge on any atom is -0.396 e. The standard InChI is InChI=1S/C10H8BrN3/c11-8-3-1-2-7(4-8)10-13-5-9(12)6-14-10/h1-6H,12H2. The molecule has 0 saturated carbocycles. The highest BCUT2D eigenvalue weighted by molar-refractivity contribution is 9.10. The highest BCUT2D eigenvalue weighted by atomic mass is 79.9. The number of nitrogens with zero attached hydrogens (tertiary/aromatic N) is 2. The van der Waals surface area contributed by atoms with E-state index in [9.17, 15) is 0 Å². The third-order valence-corrected chi connectivity index (χ3v) is 2.25. The molecule has 2 N–H and O–H groups in total. The van der Waals surface area contributed by atoms with Gasteiger partial charge in [-0.05, 0) is 12.1 Å². The number of hydrogen-bond acceptors (Lipinski definition) is 3. The molecule has 0 fully saturated rings. The highest BCUT2D eigenvalue weighted by Gasteiger charge is 2.00. The van der Waals surface area contributed by atoms with Gasteiger partial charge < -0.3 is 5.73 Å². The van der Waals surface area contributed by atoms with Gasteiger partial charge in [-0.3, -0.25) is 0 Å². The molecule has 2 rings (SSSR count). The predicted octanol–water partition coefficient (Wildman–Crippen LogP) is 2.49. The summed E-state index contributed by atoms with van der Waals surface area (Å²) in [6.07, 6.45) is 3.20. The van der Waals surface area contributed by atoms with E-state index in [-0.39, 0.29) is 0 Å². The van der Waals surface area contributed by atoms with Crippen molar-refractivity contribution in [2.75, 3.05) is 5.73 Å². The van der Waals surface area contributed by atoms with Gasteiger partial charge in [0, 0.05) is 10.0 Å². The van der Waals surface area contributed by atoms with E-state index in [1.165, 1.54) is 0 Å². The molecular weight excluding hydrogens is 242 g/mol. The van der Waals surface area contributed by atoms with Crippen LogP contribution in [0, 0.1) is 0 Å². The molecule has 3 nitrogen and oxygen atoms in total. The fourth-order valence-corrected chi connectivity index (χ4v) is 1.51. The summed E-state index contributed by atoms with van der Waals surface area (Å²) in [6, 6.07) is 7.82. The van der Waals surface area contributed by atoms with Gasteiger partial charge in [0.15, 0.2) is 5.82 Å². The van der Waals surface area contributed by atoms with Crippen LogP contribution in [-0.2, 0) is 0 Å². The summed E-state index contributed by atoms with van der Waals surface area (Å²) in [6.45, 7) is 0. The Bertz CT molecular complexity index is 439. The fraction of sp³-hybridized carbons (Fsp3) is 0. The van der Waals surface area contributed by atoms with Crippen LogP contribution >= 0.6 is 15.9 Å². The summed E-state index contributed by atoms with van der Waals surface area (Å²) in [5.41, 5.74) is 7.04. The predicted molar refractivity (Wildman–Crippen MR) is 59.6 cm³/mol. The molecule has 0 spiro atoms. The molecule has 0 aliphatic carbocycles. The lowest BCUT2D eigenvalue weighted by molar-refractivity contribution is 1.18. The largest absolute Gasteiger partial charge is 0.396 e. The first-order chi connectivity index (χ1) is 6.75. The Balaban J connectivity index is 2.44. The van der Waals surface area contributed by atoms with Crippen molar-refractivity contribution in [1.29, 1.82) is 0 Å². The molecule has 1 aromatic carbocycles. The van der Waals surface area contributed by atoms with Crippen LogP contribution in [0.4, 0.5) is 5.69 Å². The van der Waals surface area contributed by atoms with Crippen LogP contribution < -0.4 is 5.73 Å². The van der Waals surface area contributed by atoms with Crippen LogP contribution in [-0.4, -0.2) is 9.97 Å². The summed E-state index contributed by atoms with van der Waals surface area (Å²) in [5, 5.41) is 0. The maximum Gasteiger partial charge on any atom is 0.159 e. The van der Waals surface area contributed by atoms with Gasteiger partial charge in [0.05, 0.1) is 18.1 Å². The number of nitrogen functional groups attached to an aromatic ring is 1. The van der Waals surface area contributed by atoms with Gasteiger partial charge in [-0.1, -0.05) is 28.1 Å². The van der Waals surface area contributed by atoms with E-state index in [0.717, 1.165) is 10.0 Å². The summed E-state index contributed by atoms with van der Waals surface area (Å²) >= 11 is 3.39. The Labute approximate surface area is 90.1 Å². The van der Waals surface area contributed by atoms with E-state index in [0.29, 0.717) is 11.5 Å². The molecule has 0 aliphatic heterocycles. The smallest absolute Gasteiger partial charge is 0.159 e. The molecule has 0 amide bonds. The molecular formula is C10H8BrN3. The lowest BCUT2D eigenvalue weighted by atomic mass is 10.2. The summed E-state index contributed by atoms with van der Waals surface area (Å²) < 4.78 is 1.01. The van der Waals surface area contributed by atoms with E-state index in [4.69, 9.17) is 5.73 Å². The number of benzene rings is 1. The lowest BCUT2D eigenvalue weighted by Gasteiger charge is -2.00. The van der Waals surface area contributed by atoms with Crippen molar-refractivity contribution in [3.05, 3.63) is 41.1 Å². The number of halogens is 1. The van der Waals surface area contributed by atoms with Gasteiger partial charge in [0.2, 0.25) is 0 Å². The van der Waals surface area contributed by atoms with Gasteiger partial charge in [-0.25, -0.2) is 9.97 Å². The minimum atomic E-state index is 0.573. The van der Waals surface area contributed by atoms with Gasteiger partial charge in [-0.15, -0.1) is 0 Å². The summed E-state index contributed by atoms with van der Waals surface area (Å²) in [7, 11) is 0. The van der Waals surface area contributed by atoms with Crippen LogP contribution in [0.5, 0.6) is 0 Å². The maximum absolute atomic E-state index is 5.50. The second-order valence-electron chi connectivity index (χ2n) is 2.85. The highest BCUT2D eigenvalue weighted by Crippen LogP contribution is 2.19.